The topological polar surface area (TPSA) is 100 Å². The zero-order chi connectivity index (χ0) is 17.2. The van der Waals surface area contributed by atoms with E-state index in [1.165, 1.54) is 25.3 Å². The number of hydrogen-bond acceptors (Lipinski definition) is 5. The van der Waals surface area contributed by atoms with Crippen LogP contribution in [-0.2, 0) is 10.0 Å². The van der Waals surface area contributed by atoms with Crippen LogP contribution in [0.15, 0.2) is 41.9 Å². The molecule has 23 heavy (non-hydrogen) atoms. The minimum atomic E-state index is -3.84. The maximum Gasteiger partial charge on any atom is 0.356 e. The van der Waals surface area contributed by atoms with E-state index in [4.69, 9.17) is 5.11 Å². The lowest BCUT2D eigenvalue weighted by Crippen LogP contribution is -2.28. The highest BCUT2D eigenvalue weighted by Gasteiger charge is 2.25. The van der Waals surface area contributed by atoms with E-state index in [1.807, 2.05) is 6.92 Å². The van der Waals surface area contributed by atoms with Gasteiger partial charge in [-0.15, -0.1) is 0 Å². The van der Waals surface area contributed by atoms with Crippen molar-refractivity contribution < 1.29 is 18.3 Å². The van der Waals surface area contributed by atoms with Crippen LogP contribution < -0.4 is 4.31 Å². The third-order valence-corrected chi connectivity index (χ3v) is 4.93. The van der Waals surface area contributed by atoms with Gasteiger partial charge in [-0.05, 0) is 25.1 Å². The molecule has 1 aromatic carbocycles. The van der Waals surface area contributed by atoms with Crippen molar-refractivity contribution in [3.63, 3.8) is 0 Å². The molecule has 0 atom stereocenters. The molecule has 0 aliphatic heterocycles. The van der Waals surface area contributed by atoms with Crippen molar-refractivity contribution in [1.29, 1.82) is 0 Å². The Hall–Kier alpha value is -2.74. The van der Waals surface area contributed by atoms with E-state index >= 15 is 0 Å². The molecule has 0 radical (unpaired) electrons. The van der Waals surface area contributed by atoms with Gasteiger partial charge in [-0.1, -0.05) is 24.3 Å². The molecule has 0 bridgehead atoms. The van der Waals surface area contributed by atoms with Crippen molar-refractivity contribution in [1.82, 2.24) is 9.97 Å². The summed E-state index contributed by atoms with van der Waals surface area (Å²) in [6.07, 6.45) is 2.27. The van der Waals surface area contributed by atoms with Crippen LogP contribution >= 0.6 is 0 Å². The third kappa shape index (κ3) is 3.21. The first-order valence-electron chi connectivity index (χ1n) is 6.55. The summed E-state index contributed by atoms with van der Waals surface area (Å²) in [6, 6.07) is 6.37. The van der Waals surface area contributed by atoms with Gasteiger partial charge in [0.05, 0.1) is 11.1 Å². The molecule has 2 rings (SSSR count). The number of anilines is 1. The summed E-state index contributed by atoms with van der Waals surface area (Å²) < 4.78 is 26.2. The fourth-order valence-corrected chi connectivity index (χ4v) is 3.03. The Morgan fingerprint density at radius 1 is 1.30 bits per heavy atom. The van der Waals surface area contributed by atoms with Gasteiger partial charge < -0.3 is 5.11 Å². The Morgan fingerprint density at radius 2 is 1.91 bits per heavy atom. The molecular weight excluding hydrogens is 318 g/mol. The summed E-state index contributed by atoms with van der Waals surface area (Å²) >= 11 is 0. The standard InChI is InChI=1S/C15H15N3O4S/c1-4-12-14(16-9-13(17-12)15(19)20)18(3)23(21,22)11-7-5-10(2)6-8-11/h4-9H,1H2,2-3H3,(H,19,20). The minimum Gasteiger partial charge on any atom is -0.476 e. The quantitative estimate of drug-likeness (QED) is 0.897. The lowest BCUT2D eigenvalue weighted by atomic mass is 10.2. The average Bonchev–Trinajstić information content (AvgIpc) is 2.53. The van der Waals surface area contributed by atoms with Crippen molar-refractivity contribution >= 4 is 27.9 Å². The second-order valence-electron chi connectivity index (χ2n) is 4.76. The number of carbonyl (C=O) groups is 1. The highest BCUT2D eigenvalue weighted by atomic mass is 32.2. The first-order valence-corrected chi connectivity index (χ1v) is 7.99. The highest BCUT2D eigenvalue weighted by molar-refractivity contribution is 7.92. The van der Waals surface area contributed by atoms with Crippen LogP contribution in [0.3, 0.4) is 0 Å². The Balaban J connectivity index is 2.51. The summed E-state index contributed by atoms with van der Waals surface area (Å²) in [5, 5.41) is 8.93. The second-order valence-corrected chi connectivity index (χ2v) is 6.73. The van der Waals surface area contributed by atoms with Crippen molar-refractivity contribution in [2.75, 3.05) is 11.4 Å². The fraction of sp³-hybridized carbons (Fsp3) is 0.133. The van der Waals surface area contributed by atoms with E-state index in [-0.39, 0.29) is 22.1 Å². The molecule has 1 aromatic heterocycles. The van der Waals surface area contributed by atoms with Crippen LogP contribution in [0.2, 0.25) is 0 Å². The Morgan fingerprint density at radius 3 is 2.43 bits per heavy atom. The molecule has 0 unspecified atom stereocenters. The normalized spacial score (nSPS) is 11.0. The molecule has 2 aromatic rings. The van der Waals surface area contributed by atoms with Gasteiger partial charge in [0, 0.05) is 7.05 Å². The van der Waals surface area contributed by atoms with E-state index in [0.29, 0.717) is 0 Å². The molecule has 8 heteroatoms. The van der Waals surface area contributed by atoms with E-state index in [9.17, 15) is 13.2 Å². The number of aromatic carboxylic acids is 1. The summed E-state index contributed by atoms with van der Waals surface area (Å²) in [5.41, 5.74) is 0.719. The van der Waals surface area contributed by atoms with Gasteiger partial charge in [0.2, 0.25) is 0 Å². The summed E-state index contributed by atoms with van der Waals surface area (Å²) in [4.78, 5) is 18.8. The highest BCUT2D eigenvalue weighted by Crippen LogP contribution is 2.23. The largest absolute Gasteiger partial charge is 0.476 e. The molecule has 0 saturated carbocycles. The number of benzene rings is 1. The number of carboxylic acids is 1. The fourth-order valence-electron chi connectivity index (χ4n) is 1.86. The van der Waals surface area contributed by atoms with Crippen molar-refractivity contribution in [2.45, 2.75) is 11.8 Å². The van der Waals surface area contributed by atoms with Crippen LogP contribution in [0.5, 0.6) is 0 Å². The van der Waals surface area contributed by atoms with E-state index < -0.39 is 16.0 Å². The molecule has 7 nitrogen and oxygen atoms in total. The predicted octanol–water partition coefficient (Wildman–Crippen LogP) is 1.95. The monoisotopic (exact) mass is 333 g/mol. The van der Waals surface area contributed by atoms with E-state index in [0.717, 1.165) is 16.1 Å². The average molecular weight is 333 g/mol. The summed E-state index contributed by atoms with van der Waals surface area (Å²) in [5.74, 6) is -1.25. The molecule has 0 spiro atoms. The second kappa shape index (κ2) is 6.17. The van der Waals surface area contributed by atoms with Crippen molar-refractivity contribution in [3.05, 3.63) is 54.0 Å². The lowest BCUT2D eigenvalue weighted by Gasteiger charge is -2.20. The van der Waals surface area contributed by atoms with Crippen LogP contribution in [0.4, 0.5) is 5.82 Å². The molecule has 0 aliphatic rings. The van der Waals surface area contributed by atoms with E-state index in [2.05, 4.69) is 16.5 Å². The number of aryl methyl sites for hydroxylation is 1. The molecule has 1 heterocycles. The van der Waals surface area contributed by atoms with Crippen LogP contribution in [0, 0.1) is 6.92 Å². The predicted molar refractivity (Wildman–Crippen MR) is 85.9 cm³/mol. The molecule has 0 saturated heterocycles. The molecule has 0 aliphatic carbocycles. The Kier molecular flexibility index (Phi) is 4.46. The summed E-state index contributed by atoms with van der Waals surface area (Å²) in [7, 11) is -2.51. The van der Waals surface area contributed by atoms with Crippen LogP contribution in [-0.4, -0.2) is 36.5 Å². The maximum absolute atomic E-state index is 12.6. The molecular formula is C15H15N3O4S. The molecule has 0 fully saturated rings. The maximum atomic E-state index is 12.6. The third-order valence-electron chi connectivity index (χ3n) is 3.17. The van der Waals surface area contributed by atoms with Gasteiger partial charge >= 0.3 is 5.97 Å². The number of nitrogens with zero attached hydrogens (tertiary/aromatic N) is 3. The Labute approximate surface area is 134 Å². The number of rotatable bonds is 5. The van der Waals surface area contributed by atoms with Gasteiger partial charge in [0.25, 0.3) is 10.0 Å². The van der Waals surface area contributed by atoms with Gasteiger partial charge in [0.15, 0.2) is 11.5 Å². The van der Waals surface area contributed by atoms with Gasteiger partial charge in [0.1, 0.15) is 5.69 Å². The number of carboxylic acid groups (broad SMARTS) is 1. The zero-order valence-corrected chi connectivity index (χ0v) is 13.4. The minimum absolute atomic E-state index is 0.00516. The number of hydrogen-bond donors (Lipinski definition) is 1. The molecule has 0 amide bonds. The van der Waals surface area contributed by atoms with Crippen LogP contribution in [0.1, 0.15) is 21.7 Å². The molecule has 1 N–H and O–H groups in total. The first-order chi connectivity index (χ1) is 10.8. The van der Waals surface area contributed by atoms with Gasteiger partial charge in [-0.2, -0.15) is 0 Å². The van der Waals surface area contributed by atoms with Crippen molar-refractivity contribution in [3.8, 4) is 0 Å². The first kappa shape index (κ1) is 16.6. The van der Waals surface area contributed by atoms with Crippen LogP contribution in [0.25, 0.3) is 6.08 Å². The number of sulfonamides is 1. The van der Waals surface area contributed by atoms with E-state index in [1.54, 1.807) is 12.1 Å². The number of aromatic nitrogens is 2. The molecule has 120 valence electrons. The van der Waals surface area contributed by atoms with Gasteiger partial charge in [-0.3, -0.25) is 4.31 Å². The van der Waals surface area contributed by atoms with Crippen molar-refractivity contribution in [2.24, 2.45) is 0 Å². The SMILES string of the molecule is C=Cc1nc(C(=O)O)cnc1N(C)S(=O)(=O)c1ccc(C)cc1. The zero-order valence-electron chi connectivity index (χ0n) is 12.6. The summed E-state index contributed by atoms with van der Waals surface area (Å²) in [6.45, 7) is 5.38. The van der Waals surface area contributed by atoms with Gasteiger partial charge in [-0.25, -0.2) is 23.2 Å². The lowest BCUT2D eigenvalue weighted by molar-refractivity contribution is 0.0690. The Bertz CT molecular complexity index is 861. The smallest absolute Gasteiger partial charge is 0.356 e.